The van der Waals surface area contributed by atoms with Crippen LogP contribution in [0, 0.1) is 20.8 Å². The van der Waals surface area contributed by atoms with E-state index in [1.54, 1.807) is 12.1 Å². The molecule has 1 aliphatic rings. The number of benzene rings is 1. The number of amides is 4. The molecule has 2 aromatic rings. The molecule has 4 amide bonds. The predicted octanol–water partition coefficient (Wildman–Crippen LogP) is 2.53. The lowest BCUT2D eigenvalue weighted by molar-refractivity contribution is -0.134. The number of imide groups is 2. The van der Waals surface area contributed by atoms with Crippen molar-refractivity contribution in [3.8, 4) is 5.69 Å². The number of hydrogen-bond acceptors (Lipinski definition) is 4. The van der Waals surface area contributed by atoms with Gasteiger partial charge in [0, 0.05) is 31.2 Å². The number of carboxylic acid groups (broad SMARTS) is 1. The van der Waals surface area contributed by atoms with Crippen LogP contribution in [0.25, 0.3) is 11.8 Å². The van der Waals surface area contributed by atoms with Crippen molar-refractivity contribution in [3.63, 3.8) is 0 Å². The highest BCUT2D eigenvalue weighted by molar-refractivity contribution is 6.30. The molecule has 2 heterocycles. The molecule has 8 heteroatoms. The molecule has 150 valence electrons. The molecular formula is C21H21N3O5. The molecule has 1 N–H and O–H groups in total. The van der Waals surface area contributed by atoms with Gasteiger partial charge in [-0.3, -0.25) is 19.4 Å². The first-order valence-electron chi connectivity index (χ1n) is 8.89. The zero-order valence-electron chi connectivity index (χ0n) is 16.8. The zero-order chi connectivity index (χ0) is 21.6. The van der Waals surface area contributed by atoms with Gasteiger partial charge in [0.15, 0.2) is 0 Å². The fourth-order valence-electron chi connectivity index (χ4n) is 3.47. The predicted molar refractivity (Wildman–Crippen MR) is 106 cm³/mol. The van der Waals surface area contributed by atoms with Gasteiger partial charge in [0.2, 0.25) is 0 Å². The van der Waals surface area contributed by atoms with Crippen molar-refractivity contribution in [2.45, 2.75) is 20.8 Å². The Morgan fingerprint density at radius 1 is 0.966 bits per heavy atom. The molecule has 1 fully saturated rings. The van der Waals surface area contributed by atoms with Gasteiger partial charge in [-0.15, -0.1) is 0 Å². The third-order valence-electron chi connectivity index (χ3n) is 5.10. The number of carboxylic acids is 1. The number of aryl methyl sites for hydroxylation is 2. The van der Waals surface area contributed by atoms with Crippen molar-refractivity contribution in [3.05, 3.63) is 57.9 Å². The Kier molecular flexibility index (Phi) is 4.88. The van der Waals surface area contributed by atoms with Gasteiger partial charge in [0.25, 0.3) is 11.8 Å². The van der Waals surface area contributed by atoms with E-state index in [9.17, 15) is 19.2 Å². The van der Waals surface area contributed by atoms with Crippen LogP contribution in [0.5, 0.6) is 0 Å². The van der Waals surface area contributed by atoms with Gasteiger partial charge in [-0.1, -0.05) is 0 Å². The first kappa shape index (κ1) is 20.1. The normalized spacial score (nSPS) is 14.7. The lowest BCUT2D eigenvalue weighted by Crippen LogP contribution is -2.52. The molecule has 1 aromatic carbocycles. The molecule has 0 saturated carbocycles. The molecule has 3 rings (SSSR count). The van der Waals surface area contributed by atoms with Crippen LogP contribution in [-0.4, -0.2) is 57.4 Å². The van der Waals surface area contributed by atoms with E-state index in [2.05, 4.69) is 0 Å². The molecule has 0 aliphatic carbocycles. The Bertz CT molecular complexity index is 1080. The SMILES string of the molecule is Cc1cc(C(=O)O)ccc1-n1c(C)cc(C=C2C(=O)N(C)C(=O)N(C)C2=O)c1C. The standard InChI is InChI=1S/C21H21N3O5/c1-11-8-14(20(27)28)6-7-17(11)24-12(2)9-15(13(24)3)10-16-18(25)22(4)21(29)23(5)19(16)26/h6-10H,1-5H3,(H,27,28). The summed E-state index contributed by atoms with van der Waals surface area (Å²) < 4.78 is 1.93. The van der Waals surface area contributed by atoms with Crippen molar-refractivity contribution in [1.29, 1.82) is 0 Å². The van der Waals surface area contributed by atoms with Gasteiger partial charge in [0.1, 0.15) is 5.57 Å². The van der Waals surface area contributed by atoms with E-state index < -0.39 is 23.8 Å². The Balaban J connectivity index is 2.10. The van der Waals surface area contributed by atoms with Crippen LogP contribution in [0.1, 0.15) is 32.9 Å². The van der Waals surface area contributed by atoms with Crippen molar-refractivity contribution in [1.82, 2.24) is 14.4 Å². The highest BCUT2D eigenvalue weighted by atomic mass is 16.4. The maximum absolute atomic E-state index is 12.5. The van der Waals surface area contributed by atoms with Crippen LogP contribution in [-0.2, 0) is 9.59 Å². The van der Waals surface area contributed by atoms with Crippen molar-refractivity contribution in [2.75, 3.05) is 14.1 Å². The van der Waals surface area contributed by atoms with Gasteiger partial charge >= 0.3 is 12.0 Å². The van der Waals surface area contributed by atoms with Gasteiger partial charge in [-0.2, -0.15) is 0 Å². The van der Waals surface area contributed by atoms with E-state index in [-0.39, 0.29) is 11.1 Å². The maximum Gasteiger partial charge on any atom is 0.335 e. The average Bonchev–Trinajstić information content (AvgIpc) is 2.95. The summed E-state index contributed by atoms with van der Waals surface area (Å²) in [5, 5.41) is 9.17. The first-order chi connectivity index (χ1) is 13.5. The average molecular weight is 395 g/mol. The molecule has 0 unspecified atom stereocenters. The second-order valence-electron chi connectivity index (χ2n) is 7.04. The third-order valence-corrected chi connectivity index (χ3v) is 5.10. The van der Waals surface area contributed by atoms with E-state index in [0.29, 0.717) is 5.56 Å². The zero-order valence-corrected chi connectivity index (χ0v) is 16.8. The highest BCUT2D eigenvalue weighted by Gasteiger charge is 2.38. The van der Waals surface area contributed by atoms with E-state index >= 15 is 0 Å². The molecular weight excluding hydrogens is 374 g/mol. The summed E-state index contributed by atoms with van der Waals surface area (Å²) in [6.07, 6.45) is 1.49. The summed E-state index contributed by atoms with van der Waals surface area (Å²) >= 11 is 0. The molecule has 0 bridgehead atoms. The molecule has 0 atom stereocenters. The number of aromatic nitrogens is 1. The van der Waals surface area contributed by atoms with E-state index in [0.717, 1.165) is 32.4 Å². The van der Waals surface area contributed by atoms with Crippen LogP contribution >= 0.6 is 0 Å². The molecule has 0 radical (unpaired) electrons. The molecule has 1 aliphatic heterocycles. The minimum atomic E-state index is -0.997. The largest absolute Gasteiger partial charge is 0.478 e. The smallest absolute Gasteiger partial charge is 0.335 e. The number of carbonyl (C=O) groups excluding carboxylic acids is 3. The summed E-state index contributed by atoms with van der Waals surface area (Å²) in [4.78, 5) is 49.8. The van der Waals surface area contributed by atoms with Gasteiger partial charge < -0.3 is 9.67 Å². The summed E-state index contributed by atoms with van der Waals surface area (Å²) in [5.41, 5.74) is 3.99. The minimum absolute atomic E-state index is 0.0900. The Morgan fingerprint density at radius 3 is 2.07 bits per heavy atom. The fourth-order valence-corrected chi connectivity index (χ4v) is 3.47. The van der Waals surface area contributed by atoms with Crippen LogP contribution in [0.15, 0.2) is 29.8 Å². The highest BCUT2D eigenvalue weighted by Crippen LogP contribution is 2.27. The summed E-state index contributed by atoms with van der Waals surface area (Å²) in [5.74, 6) is -2.29. The fraction of sp³-hybridized carbons (Fsp3) is 0.238. The van der Waals surface area contributed by atoms with E-state index in [4.69, 9.17) is 5.11 Å². The number of aromatic carboxylic acids is 1. The summed E-state index contributed by atoms with van der Waals surface area (Å²) in [6, 6.07) is 6.03. The number of hydrogen-bond donors (Lipinski definition) is 1. The van der Waals surface area contributed by atoms with Crippen LogP contribution in [0.2, 0.25) is 0 Å². The Hall–Kier alpha value is -3.68. The monoisotopic (exact) mass is 395 g/mol. The number of nitrogens with zero attached hydrogens (tertiary/aromatic N) is 3. The molecule has 29 heavy (non-hydrogen) atoms. The van der Waals surface area contributed by atoms with Crippen molar-refractivity contribution in [2.24, 2.45) is 0 Å². The lowest BCUT2D eigenvalue weighted by atomic mass is 10.1. The second-order valence-corrected chi connectivity index (χ2v) is 7.04. The minimum Gasteiger partial charge on any atom is -0.478 e. The summed E-state index contributed by atoms with van der Waals surface area (Å²) in [7, 11) is 2.66. The van der Waals surface area contributed by atoms with Crippen LogP contribution < -0.4 is 0 Å². The van der Waals surface area contributed by atoms with E-state index in [1.165, 1.54) is 26.2 Å². The van der Waals surface area contributed by atoms with Gasteiger partial charge in [-0.05, 0) is 62.2 Å². The van der Waals surface area contributed by atoms with Crippen molar-refractivity contribution >= 4 is 29.9 Å². The number of rotatable bonds is 3. The summed E-state index contributed by atoms with van der Waals surface area (Å²) in [6.45, 7) is 5.55. The number of urea groups is 1. The van der Waals surface area contributed by atoms with Crippen LogP contribution in [0.3, 0.4) is 0 Å². The van der Waals surface area contributed by atoms with Crippen LogP contribution in [0.4, 0.5) is 4.79 Å². The molecule has 8 nitrogen and oxygen atoms in total. The number of carbonyl (C=O) groups is 4. The topological polar surface area (TPSA) is 99.9 Å². The van der Waals surface area contributed by atoms with Crippen molar-refractivity contribution < 1.29 is 24.3 Å². The Labute approximate surface area is 167 Å². The molecule has 0 spiro atoms. The second kappa shape index (κ2) is 7.05. The third kappa shape index (κ3) is 3.22. The number of barbiturate groups is 1. The van der Waals surface area contributed by atoms with E-state index in [1.807, 2.05) is 31.4 Å². The molecule has 1 aromatic heterocycles. The molecule has 1 saturated heterocycles. The first-order valence-corrected chi connectivity index (χ1v) is 8.89. The maximum atomic E-state index is 12.5. The quantitative estimate of drug-likeness (QED) is 0.636. The van der Waals surface area contributed by atoms with Gasteiger partial charge in [0.05, 0.1) is 5.56 Å². The Morgan fingerprint density at radius 2 is 1.55 bits per heavy atom. The lowest BCUT2D eigenvalue weighted by Gasteiger charge is -2.28. The van der Waals surface area contributed by atoms with Gasteiger partial charge in [-0.25, -0.2) is 9.59 Å². The number of likely N-dealkylation sites (N-methyl/N-ethyl adjacent to an activating group) is 2.